The van der Waals surface area contributed by atoms with Crippen molar-refractivity contribution in [3.05, 3.63) is 30.1 Å². The highest BCUT2D eigenvalue weighted by atomic mass is 28.3. The SMILES string of the molecule is C[SiH](C)C#Cc1ccccn1. The van der Waals surface area contributed by atoms with Crippen molar-refractivity contribution in [1.82, 2.24) is 4.98 Å². The average molecular weight is 161 g/mol. The summed E-state index contributed by atoms with van der Waals surface area (Å²) < 4.78 is 0. The lowest BCUT2D eigenvalue weighted by molar-refractivity contribution is 1.29. The molecule has 0 bridgehead atoms. The van der Waals surface area contributed by atoms with E-state index >= 15 is 0 Å². The highest BCUT2D eigenvalue weighted by Crippen LogP contribution is 1.89. The Kier molecular flexibility index (Phi) is 2.88. The Bertz CT molecular complexity index is 269. The zero-order valence-corrected chi connectivity index (χ0v) is 7.99. The monoisotopic (exact) mass is 161 g/mol. The summed E-state index contributed by atoms with van der Waals surface area (Å²) in [6.07, 6.45) is 1.77. The van der Waals surface area contributed by atoms with E-state index in [9.17, 15) is 0 Å². The molecule has 0 saturated carbocycles. The van der Waals surface area contributed by atoms with Crippen LogP contribution < -0.4 is 0 Å². The normalized spacial score (nSPS) is 9.00. The van der Waals surface area contributed by atoms with Gasteiger partial charge in [0.2, 0.25) is 0 Å². The first-order chi connectivity index (χ1) is 5.29. The molecule has 0 atom stereocenters. The predicted molar refractivity (Wildman–Crippen MR) is 50.0 cm³/mol. The van der Waals surface area contributed by atoms with Gasteiger partial charge in [0.1, 0.15) is 14.5 Å². The van der Waals surface area contributed by atoms with Gasteiger partial charge in [-0.25, -0.2) is 4.98 Å². The van der Waals surface area contributed by atoms with Gasteiger partial charge in [-0.1, -0.05) is 25.1 Å². The van der Waals surface area contributed by atoms with E-state index in [1.807, 2.05) is 18.2 Å². The third-order valence-electron chi connectivity index (χ3n) is 1.15. The Hall–Kier alpha value is -1.07. The summed E-state index contributed by atoms with van der Waals surface area (Å²) in [5.74, 6) is 3.04. The third-order valence-corrected chi connectivity index (χ3v) is 1.88. The summed E-state index contributed by atoms with van der Waals surface area (Å²) in [5.41, 5.74) is 4.07. The van der Waals surface area contributed by atoms with Crippen LogP contribution in [0.25, 0.3) is 0 Å². The number of hydrogen-bond acceptors (Lipinski definition) is 1. The molecule has 0 aliphatic carbocycles. The maximum atomic E-state index is 4.10. The summed E-state index contributed by atoms with van der Waals surface area (Å²) in [4.78, 5) is 4.10. The molecule has 0 spiro atoms. The van der Waals surface area contributed by atoms with Crippen molar-refractivity contribution in [2.75, 3.05) is 0 Å². The number of aromatic nitrogens is 1. The molecule has 0 aliphatic heterocycles. The molecule has 1 nitrogen and oxygen atoms in total. The van der Waals surface area contributed by atoms with E-state index in [4.69, 9.17) is 0 Å². The Labute approximate surface area is 69.1 Å². The molecule has 1 aromatic heterocycles. The average Bonchev–Trinajstić information content (AvgIpc) is 2.03. The van der Waals surface area contributed by atoms with Crippen LogP contribution in [0.5, 0.6) is 0 Å². The van der Waals surface area contributed by atoms with E-state index in [1.54, 1.807) is 6.20 Å². The minimum absolute atomic E-state index is 0.741. The Morgan fingerprint density at radius 3 is 2.73 bits per heavy atom. The highest BCUT2D eigenvalue weighted by Gasteiger charge is 1.86. The molecule has 1 heterocycles. The molecule has 0 unspecified atom stereocenters. The lowest BCUT2D eigenvalue weighted by Crippen LogP contribution is -1.93. The molecule has 0 amide bonds. The van der Waals surface area contributed by atoms with Crippen molar-refractivity contribution in [2.45, 2.75) is 13.1 Å². The van der Waals surface area contributed by atoms with Gasteiger partial charge >= 0.3 is 0 Å². The van der Waals surface area contributed by atoms with Crippen molar-refractivity contribution < 1.29 is 0 Å². The predicted octanol–water partition coefficient (Wildman–Crippen LogP) is 1.46. The molecule has 56 valence electrons. The van der Waals surface area contributed by atoms with E-state index in [0.29, 0.717) is 0 Å². The second kappa shape index (κ2) is 3.94. The zero-order valence-electron chi connectivity index (χ0n) is 6.83. The Balaban J connectivity index is 2.75. The van der Waals surface area contributed by atoms with E-state index in [1.165, 1.54) is 0 Å². The van der Waals surface area contributed by atoms with Gasteiger partial charge in [0, 0.05) is 6.20 Å². The first-order valence-electron chi connectivity index (χ1n) is 3.71. The molecule has 0 N–H and O–H groups in total. The Morgan fingerprint density at radius 1 is 1.36 bits per heavy atom. The number of pyridine rings is 1. The third kappa shape index (κ3) is 3.01. The molecule has 2 heteroatoms. The van der Waals surface area contributed by atoms with Crippen LogP contribution in [0.3, 0.4) is 0 Å². The molecular weight excluding hydrogens is 150 g/mol. The smallest absolute Gasteiger partial charge is 0.117 e. The highest BCUT2D eigenvalue weighted by molar-refractivity contribution is 6.64. The standard InChI is InChI=1S/C9H11NSi/c1-11(2)8-6-9-5-3-4-7-10-9/h3-5,7,11H,1-2H3. The molecule has 0 aromatic carbocycles. The van der Waals surface area contributed by atoms with Crippen LogP contribution in [0.1, 0.15) is 5.69 Å². The fourth-order valence-corrected chi connectivity index (χ4v) is 1.09. The van der Waals surface area contributed by atoms with E-state index in [2.05, 4.69) is 29.5 Å². The quantitative estimate of drug-likeness (QED) is 0.414. The summed E-state index contributed by atoms with van der Waals surface area (Å²) in [7, 11) is -0.741. The van der Waals surface area contributed by atoms with Crippen LogP contribution in [0.15, 0.2) is 24.4 Å². The largest absolute Gasteiger partial charge is 0.248 e. The van der Waals surface area contributed by atoms with Crippen LogP contribution in [-0.4, -0.2) is 13.8 Å². The van der Waals surface area contributed by atoms with Gasteiger partial charge in [-0.2, -0.15) is 0 Å². The van der Waals surface area contributed by atoms with Crippen LogP contribution in [0.2, 0.25) is 13.1 Å². The maximum absolute atomic E-state index is 4.10. The molecule has 0 saturated heterocycles. The van der Waals surface area contributed by atoms with Crippen molar-refractivity contribution in [1.29, 1.82) is 0 Å². The topological polar surface area (TPSA) is 12.9 Å². The minimum Gasteiger partial charge on any atom is -0.248 e. The second-order valence-electron chi connectivity index (χ2n) is 2.64. The van der Waals surface area contributed by atoms with Crippen molar-refractivity contribution in [2.24, 2.45) is 0 Å². The van der Waals surface area contributed by atoms with Crippen LogP contribution in [0, 0.1) is 11.5 Å². The summed E-state index contributed by atoms with van der Waals surface area (Å²) >= 11 is 0. The van der Waals surface area contributed by atoms with Crippen LogP contribution in [-0.2, 0) is 0 Å². The number of hydrogen-bond donors (Lipinski definition) is 0. The fourth-order valence-electron chi connectivity index (χ4n) is 0.655. The molecule has 1 aromatic rings. The maximum Gasteiger partial charge on any atom is 0.117 e. The first-order valence-corrected chi connectivity index (χ1v) is 6.60. The van der Waals surface area contributed by atoms with Gasteiger partial charge in [0.15, 0.2) is 0 Å². The van der Waals surface area contributed by atoms with Crippen LogP contribution >= 0.6 is 0 Å². The lowest BCUT2D eigenvalue weighted by Gasteiger charge is -1.87. The van der Waals surface area contributed by atoms with Gasteiger partial charge < -0.3 is 0 Å². The number of nitrogens with zero attached hydrogens (tertiary/aromatic N) is 1. The molecule has 0 radical (unpaired) electrons. The van der Waals surface area contributed by atoms with E-state index < -0.39 is 8.80 Å². The van der Waals surface area contributed by atoms with Crippen molar-refractivity contribution >= 4 is 8.80 Å². The van der Waals surface area contributed by atoms with Gasteiger partial charge in [-0.3, -0.25) is 0 Å². The van der Waals surface area contributed by atoms with Crippen molar-refractivity contribution in [3.63, 3.8) is 0 Å². The second-order valence-corrected chi connectivity index (χ2v) is 5.24. The minimum atomic E-state index is -0.741. The Morgan fingerprint density at radius 2 is 2.18 bits per heavy atom. The zero-order chi connectivity index (χ0) is 8.10. The number of rotatable bonds is 0. The summed E-state index contributed by atoms with van der Waals surface area (Å²) in [5, 5.41) is 0. The summed E-state index contributed by atoms with van der Waals surface area (Å²) in [6.45, 7) is 4.41. The molecule has 0 aliphatic rings. The van der Waals surface area contributed by atoms with Gasteiger partial charge in [-0.05, 0) is 12.1 Å². The fraction of sp³-hybridized carbons (Fsp3) is 0.222. The first kappa shape index (κ1) is 8.03. The summed E-state index contributed by atoms with van der Waals surface area (Å²) in [6, 6.07) is 5.79. The van der Waals surface area contributed by atoms with E-state index in [0.717, 1.165) is 5.69 Å². The lowest BCUT2D eigenvalue weighted by atomic mass is 10.4. The van der Waals surface area contributed by atoms with Gasteiger partial charge in [-0.15, -0.1) is 5.54 Å². The van der Waals surface area contributed by atoms with Gasteiger partial charge in [0.05, 0.1) is 0 Å². The van der Waals surface area contributed by atoms with E-state index in [-0.39, 0.29) is 0 Å². The molecule has 11 heavy (non-hydrogen) atoms. The molecule has 1 rings (SSSR count). The van der Waals surface area contributed by atoms with Crippen molar-refractivity contribution in [3.8, 4) is 11.5 Å². The van der Waals surface area contributed by atoms with Gasteiger partial charge in [0.25, 0.3) is 0 Å². The van der Waals surface area contributed by atoms with Crippen LogP contribution in [0.4, 0.5) is 0 Å². The molecular formula is C9H11NSi. The molecule has 0 fully saturated rings.